The number of nitrogens with zero attached hydrogens (tertiary/aromatic N) is 2. The molecule has 1 saturated heterocycles. The minimum atomic E-state index is -3.10. The largest absolute Gasteiger partial charge is 0.339 e. The monoisotopic (exact) mass is 373 g/mol. The molecule has 1 unspecified atom stereocenters. The molecule has 1 aliphatic rings. The standard InChI is InChI=1S/C16H24ClN3O3S/c1-24(22,23)11-6-15(18)16(21)20-9-7-19(8-10-20)12-13-2-4-14(17)5-3-13/h2-5,15H,6-12,18H2,1H3. The first-order valence-electron chi connectivity index (χ1n) is 7.93. The van der Waals surface area contributed by atoms with E-state index < -0.39 is 15.9 Å². The van der Waals surface area contributed by atoms with Gasteiger partial charge in [0.05, 0.1) is 11.8 Å². The molecule has 1 aromatic rings. The van der Waals surface area contributed by atoms with Crippen molar-refractivity contribution in [3.8, 4) is 0 Å². The molecule has 1 aromatic carbocycles. The lowest BCUT2D eigenvalue weighted by Gasteiger charge is -2.36. The Kier molecular flexibility index (Phi) is 6.62. The number of carbonyl (C=O) groups excluding carboxylic acids is 1. The fourth-order valence-electron chi connectivity index (χ4n) is 2.67. The first-order chi connectivity index (χ1) is 11.2. The fraction of sp³-hybridized carbons (Fsp3) is 0.562. The van der Waals surface area contributed by atoms with Gasteiger partial charge in [0.15, 0.2) is 0 Å². The smallest absolute Gasteiger partial charge is 0.239 e. The van der Waals surface area contributed by atoms with E-state index in [1.165, 1.54) is 5.56 Å². The molecule has 2 N–H and O–H groups in total. The molecule has 0 bridgehead atoms. The minimum absolute atomic E-state index is 0.0591. The summed E-state index contributed by atoms with van der Waals surface area (Å²) >= 11 is 5.88. The Hall–Kier alpha value is -1.15. The number of piperazine rings is 1. The molecular weight excluding hydrogens is 350 g/mol. The molecule has 6 nitrogen and oxygen atoms in total. The van der Waals surface area contributed by atoms with Crippen LogP contribution in [0.4, 0.5) is 0 Å². The number of rotatable bonds is 6. The Morgan fingerprint density at radius 2 is 1.79 bits per heavy atom. The molecule has 1 amide bonds. The zero-order valence-corrected chi connectivity index (χ0v) is 15.4. The van der Waals surface area contributed by atoms with Gasteiger partial charge < -0.3 is 10.6 Å². The van der Waals surface area contributed by atoms with Gasteiger partial charge in [-0.15, -0.1) is 0 Å². The van der Waals surface area contributed by atoms with Crippen molar-refractivity contribution in [1.82, 2.24) is 9.80 Å². The van der Waals surface area contributed by atoms with Crippen molar-refractivity contribution in [3.05, 3.63) is 34.9 Å². The van der Waals surface area contributed by atoms with Crippen molar-refractivity contribution in [1.29, 1.82) is 0 Å². The van der Waals surface area contributed by atoms with E-state index in [-0.39, 0.29) is 18.1 Å². The average molecular weight is 374 g/mol. The van der Waals surface area contributed by atoms with Gasteiger partial charge in [0.2, 0.25) is 5.91 Å². The summed E-state index contributed by atoms with van der Waals surface area (Å²) in [7, 11) is -3.10. The Labute approximate surface area is 148 Å². The van der Waals surface area contributed by atoms with E-state index >= 15 is 0 Å². The molecule has 0 aliphatic carbocycles. The van der Waals surface area contributed by atoms with Gasteiger partial charge in [-0.2, -0.15) is 0 Å². The fourth-order valence-corrected chi connectivity index (χ4v) is 3.48. The molecule has 1 atom stereocenters. The number of amides is 1. The summed E-state index contributed by atoms with van der Waals surface area (Å²) in [6.07, 6.45) is 1.32. The average Bonchev–Trinajstić information content (AvgIpc) is 2.54. The third kappa shape index (κ3) is 6.05. The third-order valence-corrected chi connectivity index (χ3v) is 5.35. The molecule has 134 valence electrons. The van der Waals surface area contributed by atoms with Gasteiger partial charge in [-0.05, 0) is 24.1 Å². The van der Waals surface area contributed by atoms with Gasteiger partial charge in [-0.1, -0.05) is 23.7 Å². The number of hydrogen-bond acceptors (Lipinski definition) is 5. The predicted octanol–water partition coefficient (Wildman–Crippen LogP) is 0.746. The zero-order valence-electron chi connectivity index (χ0n) is 13.8. The van der Waals surface area contributed by atoms with Crippen molar-refractivity contribution >= 4 is 27.3 Å². The quantitative estimate of drug-likeness (QED) is 0.795. The van der Waals surface area contributed by atoms with Crippen LogP contribution >= 0.6 is 11.6 Å². The van der Waals surface area contributed by atoms with Crippen LogP contribution in [0.5, 0.6) is 0 Å². The molecule has 8 heteroatoms. The van der Waals surface area contributed by atoms with Crippen LogP contribution in [0.2, 0.25) is 5.02 Å². The SMILES string of the molecule is CS(=O)(=O)CCC(N)C(=O)N1CCN(Cc2ccc(Cl)cc2)CC1. The van der Waals surface area contributed by atoms with E-state index in [0.717, 1.165) is 30.9 Å². The molecule has 1 heterocycles. The van der Waals surface area contributed by atoms with Crippen LogP contribution in [0.15, 0.2) is 24.3 Å². The Balaban J connectivity index is 1.79. The first kappa shape index (κ1) is 19.2. The first-order valence-corrected chi connectivity index (χ1v) is 10.4. The van der Waals surface area contributed by atoms with Gasteiger partial charge in [0.25, 0.3) is 0 Å². The van der Waals surface area contributed by atoms with E-state index in [1.807, 2.05) is 24.3 Å². The van der Waals surface area contributed by atoms with Crippen LogP contribution in [-0.4, -0.2) is 68.4 Å². The van der Waals surface area contributed by atoms with Crippen molar-refractivity contribution in [2.24, 2.45) is 5.73 Å². The third-order valence-electron chi connectivity index (χ3n) is 4.12. The van der Waals surface area contributed by atoms with Crippen molar-refractivity contribution < 1.29 is 13.2 Å². The highest BCUT2D eigenvalue weighted by atomic mass is 35.5. The van der Waals surface area contributed by atoms with Crippen LogP contribution in [-0.2, 0) is 21.2 Å². The van der Waals surface area contributed by atoms with Crippen LogP contribution in [0.1, 0.15) is 12.0 Å². The molecular formula is C16H24ClN3O3S. The van der Waals surface area contributed by atoms with E-state index in [4.69, 9.17) is 17.3 Å². The Morgan fingerprint density at radius 3 is 2.33 bits per heavy atom. The molecule has 1 fully saturated rings. The van der Waals surface area contributed by atoms with Crippen molar-refractivity contribution in [2.45, 2.75) is 19.0 Å². The highest BCUT2D eigenvalue weighted by molar-refractivity contribution is 7.90. The summed E-state index contributed by atoms with van der Waals surface area (Å²) < 4.78 is 22.4. The summed E-state index contributed by atoms with van der Waals surface area (Å²) in [5, 5.41) is 0.720. The second kappa shape index (κ2) is 8.29. The molecule has 0 saturated carbocycles. The normalized spacial score (nSPS) is 17.7. The topological polar surface area (TPSA) is 83.7 Å². The highest BCUT2D eigenvalue weighted by Crippen LogP contribution is 2.13. The summed E-state index contributed by atoms with van der Waals surface area (Å²) in [4.78, 5) is 16.3. The maximum atomic E-state index is 12.3. The van der Waals surface area contributed by atoms with E-state index in [9.17, 15) is 13.2 Å². The lowest BCUT2D eigenvalue weighted by molar-refractivity contribution is -0.134. The summed E-state index contributed by atoms with van der Waals surface area (Å²) in [5.41, 5.74) is 7.03. The molecule has 24 heavy (non-hydrogen) atoms. The van der Waals surface area contributed by atoms with Crippen LogP contribution < -0.4 is 5.73 Å². The molecule has 1 aliphatic heterocycles. The number of hydrogen-bond donors (Lipinski definition) is 1. The number of sulfone groups is 1. The van der Waals surface area contributed by atoms with E-state index in [1.54, 1.807) is 4.90 Å². The molecule has 0 aromatic heterocycles. The summed E-state index contributed by atoms with van der Waals surface area (Å²) in [6, 6.07) is 7.00. The zero-order chi connectivity index (χ0) is 17.7. The van der Waals surface area contributed by atoms with Gasteiger partial charge in [-0.25, -0.2) is 8.42 Å². The van der Waals surface area contributed by atoms with Crippen LogP contribution in [0.3, 0.4) is 0 Å². The maximum absolute atomic E-state index is 12.3. The molecule has 2 rings (SSSR count). The number of carbonyl (C=O) groups is 1. The maximum Gasteiger partial charge on any atom is 0.239 e. The lowest BCUT2D eigenvalue weighted by atomic mass is 10.1. The lowest BCUT2D eigenvalue weighted by Crippen LogP contribution is -2.53. The van der Waals surface area contributed by atoms with Crippen molar-refractivity contribution in [3.63, 3.8) is 0 Å². The summed E-state index contributed by atoms with van der Waals surface area (Å²) in [5.74, 6) is -0.221. The Morgan fingerprint density at radius 1 is 1.21 bits per heavy atom. The van der Waals surface area contributed by atoms with E-state index in [2.05, 4.69) is 4.90 Å². The van der Waals surface area contributed by atoms with Crippen LogP contribution in [0.25, 0.3) is 0 Å². The molecule has 0 spiro atoms. The van der Waals surface area contributed by atoms with Gasteiger partial charge >= 0.3 is 0 Å². The van der Waals surface area contributed by atoms with Gasteiger partial charge in [0, 0.05) is 44.0 Å². The number of halogens is 1. The van der Waals surface area contributed by atoms with Gasteiger partial charge in [-0.3, -0.25) is 9.69 Å². The predicted molar refractivity (Wildman–Crippen MR) is 95.6 cm³/mol. The van der Waals surface area contributed by atoms with Crippen molar-refractivity contribution in [2.75, 3.05) is 38.2 Å². The minimum Gasteiger partial charge on any atom is -0.339 e. The number of benzene rings is 1. The summed E-state index contributed by atoms with van der Waals surface area (Å²) in [6.45, 7) is 3.58. The highest BCUT2D eigenvalue weighted by Gasteiger charge is 2.25. The molecule has 0 radical (unpaired) electrons. The van der Waals surface area contributed by atoms with Gasteiger partial charge in [0.1, 0.15) is 9.84 Å². The van der Waals surface area contributed by atoms with Crippen LogP contribution in [0, 0.1) is 0 Å². The Bertz CT molecular complexity index is 656. The number of nitrogens with two attached hydrogens (primary N) is 1. The van der Waals surface area contributed by atoms with E-state index in [0.29, 0.717) is 13.1 Å². The second-order valence-electron chi connectivity index (χ2n) is 6.25. The second-order valence-corrected chi connectivity index (χ2v) is 8.95.